The van der Waals surface area contributed by atoms with E-state index in [4.69, 9.17) is 41.0 Å². The fourth-order valence-electron chi connectivity index (χ4n) is 4.28. The molecule has 0 saturated carbocycles. The van der Waals surface area contributed by atoms with Crippen molar-refractivity contribution in [3.63, 3.8) is 0 Å². The van der Waals surface area contributed by atoms with Crippen molar-refractivity contribution in [1.29, 1.82) is 0 Å². The first-order valence-corrected chi connectivity index (χ1v) is 11.1. The summed E-state index contributed by atoms with van der Waals surface area (Å²) in [4.78, 5) is 0.467. The van der Waals surface area contributed by atoms with Gasteiger partial charge in [0.1, 0.15) is 23.0 Å². The van der Waals surface area contributed by atoms with Crippen LogP contribution >= 0.6 is 0 Å². The molecule has 38 heavy (non-hydrogen) atoms. The number of hydrogen-bond donors (Lipinski definition) is 0. The van der Waals surface area contributed by atoms with Crippen LogP contribution in [0.4, 0.5) is 17.1 Å². The minimum Gasteiger partial charge on any atom is -0.458 e. The molecule has 3 nitrogen and oxygen atoms in total. The third kappa shape index (κ3) is 3.68. The average molecular weight is 519 g/mol. The topological polar surface area (TPSA) is 21.7 Å². The smallest absolute Gasteiger partial charge is 0.260 e. The highest BCUT2D eigenvalue weighted by Gasteiger charge is 2.40. The Kier molecular flexibility index (Phi) is 1.92. The monoisotopic (exact) mass is 518 g/mol. The number of anilines is 3. The Hall–Kier alpha value is -4.44. The normalized spacial score (nSPS) is 23.0. The number of rotatable bonds is 3. The van der Waals surface area contributed by atoms with E-state index in [1.165, 1.54) is 6.92 Å². The molecule has 0 unspecified atom stereocenters. The molecule has 0 aromatic heterocycles. The zero-order chi connectivity index (χ0) is 47.4. The van der Waals surface area contributed by atoms with E-state index in [0.717, 1.165) is 0 Å². The lowest BCUT2D eigenvalue weighted by Gasteiger charge is -2.35. The van der Waals surface area contributed by atoms with Gasteiger partial charge in [0.15, 0.2) is 0 Å². The van der Waals surface area contributed by atoms with Crippen LogP contribution in [0.2, 0.25) is 0 Å². The molecule has 184 valence electrons. The Morgan fingerprint density at radius 2 is 1.03 bits per heavy atom. The first-order chi connectivity index (χ1) is 28.8. The van der Waals surface area contributed by atoms with Crippen molar-refractivity contribution < 1.29 is 43.7 Å². The van der Waals surface area contributed by atoms with Gasteiger partial charge in [-0.2, -0.15) is 0 Å². The summed E-state index contributed by atoms with van der Waals surface area (Å²) >= 11 is 0. The fraction of sp³-hybridized carbons (Fsp3) is 0.118. The zero-order valence-electron chi connectivity index (χ0n) is 44.3. The molecule has 2 heterocycles. The van der Waals surface area contributed by atoms with E-state index in [-0.39, 0.29) is 5.56 Å². The van der Waals surface area contributed by atoms with Gasteiger partial charge in [-0.15, -0.1) is 0 Å². The standard InChI is InChI=1S/C34H28BNO2/c1-21-5-11-25(12-6-21)36(26-13-7-22(2)8-14-26)27-19-32-34-33(20-27)38-31-16-10-24(4)18-29(31)35(34)28-17-23(3)9-15-30(28)37-32/h5-20H,1-4H3/i1D3,3D3,4D3,5D,6D,7D,8D,9D,10D,11D,12D,13D,14D,15D,16D,17D,18D,19D,20D. The fourth-order valence-corrected chi connectivity index (χ4v) is 4.28. The molecule has 2 aliphatic heterocycles. The summed E-state index contributed by atoms with van der Waals surface area (Å²) in [5, 5.41) is 0. The van der Waals surface area contributed by atoms with Crippen LogP contribution in [0, 0.1) is 27.5 Å². The van der Waals surface area contributed by atoms with Crippen LogP contribution in [0.3, 0.4) is 0 Å². The maximum Gasteiger partial charge on any atom is 0.260 e. The molecule has 0 aliphatic carbocycles. The lowest BCUT2D eigenvalue weighted by Crippen LogP contribution is -2.57. The summed E-state index contributed by atoms with van der Waals surface area (Å²) in [6.45, 7) is -10.4. The molecule has 0 atom stereocenters. The average Bonchev–Trinajstić information content (AvgIpc) is 3.16. The number of ether oxygens (including phenoxy) is 2. The Morgan fingerprint density at radius 3 is 1.53 bits per heavy atom. The molecular weight excluding hydrogens is 465 g/mol. The number of fused-ring (bicyclic) bond motifs is 4. The van der Waals surface area contributed by atoms with Gasteiger partial charge in [-0.1, -0.05) is 70.6 Å². The van der Waals surface area contributed by atoms with E-state index in [1.54, 1.807) is 0 Å². The lowest BCUT2D eigenvalue weighted by molar-refractivity contribution is 0.464. The first kappa shape index (κ1) is 8.54. The van der Waals surface area contributed by atoms with E-state index >= 15 is 0 Å². The Labute approximate surface area is 259 Å². The van der Waals surface area contributed by atoms with Crippen molar-refractivity contribution in [2.75, 3.05) is 4.90 Å². The minimum absolute atomic E-state index is 0.208. The van der Waals surface area contributed by atoms with Crippen molar-refractivity contribution in [2.45, 2.75) is 27.5 Å². The summed E-state index contributed by atoms with van der Waals surface area (Å²) < 4.78 is 228. The van der Waals surface area contributed by atoms with Crippen LogP contribution < -0.4 is 30.8 Å². The van der Waals surface area contributed by atoms with E-state index in [1.807, 2.05) is 0 Å². The quantitative estimate of drug-likeness (QED) is 0.233. The summed E-state index contributed by atoms with van der Waals surface area (Å²) in [6.07, 6.45) is 0. The Balaban J connectivity index is 1.74. The first-order valence-electron chi connectivity index (χ1n) is 23.6. The molecule has 2 aliphatic rings. The zero-order valence-corrected chi connectivity index (χ0v) is 19.3. The van der Waals surface area contributed by atoms with E-state index in [2.05, 4.69) is 0 Å². The number of benzene rings is 5. The maximum atomic E-state index is 9.66. The highest BCUT2D eigenvalue weighted by molar-refractivity contribution is 6.98. The van der Waals surface area contributed by atoms with E-state index in [0.29, 0.717) is 4.90 Å². The predicted octanol–water partition coefficient (Wildman–Crippen LogP) is 7.12. The van der Waals surface area contributed by atoms with Gasteiger partial charge < -0.3 is 14.4 Å². The van der Waals surface area contributed by atoms with Crippen molar-refractivity contribution in [2.24, 2.45) is 0 Å². The van der Waals surface area contributed by atoms with Gasteiger partial charge in [0, 0.05) is 41.3 Å². The Morgan fingerprint density at radius 1 is 0.553 bits per heavy atom. The van der Waals surface area contributed by atoms with E-state index < -0.39 is 197 Å². The molecule has 0 spiro atoms. The third-order valence-corrected chi connectivity index (χ3v) is 5.86. The van der Waals surface area contributed by atoms with Crippen molar-refractivity contribution in [3.05, 3.63) is 119 Å². The highest BCUT2D eigenvalue weighted by atomic mass is 16.5. The van der Waals surface area contributed by atoms with Gasteiger partial charge in [-0.3, -0.25) is 0 Å². The van der Waals surface area contributed by atoms with Crippen LogP contribution in [0.1, 0.15) is 56.5 Å². The molecule has 0 N–H and O–H groups in total. The van der Waals surface area contributed by atoms with Crippen LogP contribution in [0.15, 0.2) is 96.7 Å². The number of hydrogen-bond acceptors (Lipinski definition) is 3. The second-order valence-corrected chi connectivity index (χ2v) is 8.33. The van der Waals surface area contributed by atoms with Crippen LogP contribution in [0.25, 0.3) is 0 Å². The molecular formula is C34H28BNO2. The van der Waals surface area contributed by atoms with Gasteiger partial charge in [-0.25, -0.2) is 0 Å². The maximum absolute atomic E-state index is 9.66. The summed E-state index contributed by atoms with van der Waals surface area (Å²) in [7, 11) is 0. The molecule has 0 amide bonds. The molecule has 4 heteroatoms. The van der Waals surface area contributed by atoms with Crippen molar-refractivity contribution >= 4 is 40.2 Å². The van der Waals surface area contributed by atoms with Crippen molar-refractivity contribution in [1.82, 2.24) is 0 Å². The minimum atomic E-state index is -3.24. The van der Waals surface area contributed by atoms with Gasteiger partial charge in [0.05, 0.1) is 27.6 Å². The van der Waals surface area contributed by atoms with Gasteiger partial charge in [0.25, 0.3) is 6.71 Å². The molecule has 5 aromatic rings. The summed E-state index contributed by atoms with van der Waals surface area (Å²) in [6, 6.07) is -16.0. The van der Waals surface area contributed by atoms with Crippen LogP contribution in [-0.4, -0.2) is 6.71 Å². The SMILES string of the molecule is [2H]c1c([2H])c(N(c2c([2H])c([2H])c(C([2H])([2H])[2H])c([2H])c2[2H])c2c([2H])c3c4c(c2[2H])Oc2c([2H])c([2H])c(C([2H])([2H])[2H])c([2H])c2B4c2c([2H])c(C([2H])([2H])[2H])c([2H])c([2H])c2O3)c([2H])c([2H])c1C. The lowest BCUT2D eigenvalue weighted by atomic mass is 9.34. The van der Waals surface area contributed by atoms with Gasteiger partial charge in [0.2, 0.25) is 0 Å². The molecule has 0 saturated heterocycles. The summed E-state index contributed by atoms with van der Waals surface area (Å²) in [5.41, 5.74) is -7.80. The molecule has 0 radical (unpaired) electrons. The second kappa shape index (κ2) is 8.56. The Bertz CT molecular complexity index is 2730. The third-order valence-electron chi connectivity index (χ3n) is 5.86. The van der Waals surface area contributed by atoms with Crippen LogP contribution in [0.5, 0.6) is 23.0 Å². The molecule has 5 aromatic carbocycles. The number of nitrogens with zero attached hydrogens (tertiary/aromatic N) is 1. The van der Waals surface area contributed by atoms with Gasteiger partial charge >= 0.3 is 0 Å². The predicted molar refractivity (Wildman–Crippen MR) is 158 cm³/mol. The molecule has 0 bridgehead atoms. The summed E-state index contributed by atoms with van der Waals surface area (Å²) in [5.74, 6) is -3.18. The largest absolute Gasteiger partial charge is 0.458 e. The molecule has 7 rings (SSSR count). The van der Waals surface area contributed by atoms with Crippen LogP contribution in [-0.2, 0) is 0 Å². The highest BCUT2D eigenvalue weighted by Crippen LogP contribution is 2.42. The molecule has 0 fully saturated rings. The second-order valence-electron chi connectivity index (χ2n) is 8.33. The van der Waals surface area contributed by atoms with Crippen molar-refractivity contribution in [3.8, 4) is 23.0 Å². The van der Waals surface area contributed by atoms with E-state index in [9.17, 15) is 2.74 Å². The van der Waals surface area contributed by atoms with Gasteiger partial charge in [-0.05, 0) is 74.7 Å².